The van der Waals surface area contributed by atoms with Crippen LogP contribution in [0.4, 0.5) is 0 Å². The van der Waals surface area contributed by atoms with Crippen molar-refractivity contribution in [3.8, 4) is 0 Å². The van der Waals surface area contributed by atoms with E-state index in [-0.39, 0.29) is 24.5 Å². The van der Waals surface area contributed by atoms with E-state index in [2.05, 4.69) is 34.5 Å². The number of carbonyl (C=O) groups excluding carboxylic acids is 1. The van der Waals surface area contributed by atoms with E-state index in [4.69, 9.17) is 10.8 Å². The molecule has 0 saturated carbocycles. The van der Waals surface area contributed by atoms with Crippen LogP contribution in [0.1, 0.15) is 69.4 Å². The molecule has 0 unspecified atom stereocenters. The number of amides is 1. The van der Waals surface area contributed by atoms with Gasteiger partial charge in [-0.1, -0.05) is 92.8 Å². The minimum absolute atomic E-state index is 0.173. The topological polar surface area (TPSA) is 78.6 Å². The number of rotatable bonds is 16. The van der Waals surface area contributed by atoms with E-state index in [1.54, 1.807) is 0 Å². The van der Waals surface area contributed by atoms with Gasteiger partial charge >= 0.3 is 0 Å². The predicted molar refractivity (Wildman–Crippen MR) is 144 cm³/mol. The summed E-state index contributed by atoms with van der Waals surface area (Å²) in [6.07, 6.45) is 9.77. The maximum Gasteiger partial charge on any atom is 0.232 e. The molecule has 1 fully saturated rings. The smallest absolute Gasteiger partial charge is 0.232 e. The van der Waals surface area contributed by atoms with Crippen molar-refractivity contribution in [2.24, 2.45) is 11.7 Å². The van der Waals surface area contributed by atoms with Crippen LogP contribution in [0.5, 0.6) is 0 Å². The van der Waals surface area contributed by atoms with Crippen LogP contribution in [-0.2, 0) is 10.2 Å². The third-order valence-electron chi connectivity index (χ3n) is 7.65. The van der Waals surface area contributed by atoms with Gasteiger partial charge in [-0.2, -0.15) is 0 Å². The van der Waals surface area contributed by atoms with Crippen molar-refractivity contribution < 1.29 is 9.90 Å². The van der Waals surface area contributed by atoms with Gasteiger partial charge in [0.1, 0.15) is 5.41 Å². The lowest BCUT2D eigenvalue weighted by Gasteiger charge is -2.37. The van der Waals surface area contributed by atoms with Crippen LogP contribution in [0.2, 0.25) is 0 Å². The second-order valence-electron chi connectivity index (χ2n) is 10.2. The van der Waals surface area contributed by atoms with Gasteiger partial charge in [0.15, 0.2) is 0 Å². The first-order valence-electron chi connectivity index (χ1n) is 13.6. The molecule has 3 rings (SSSR count). The number of nitrogens with two attached hydrogens (primary N) is 1. The fraction of sp³-hybridized carbons (Fsp3) is 0.567. The van der Waals surface area contributed by atoms with Crippen LogP contribution < -0.4 is 11.1 Å². The Morgan fingerprint density at radius 3 is 2.06 bits per heavy atom. The highest BCUT2D eigenvalue weighted by molar-refractivity contribution is 5.91. The van der Waals surface area contributed by atoms with Crippen LogP contribution in [0.25, 0.3) is 0 Å². The summed E-state index contributed by atoms with van der Waals surface area (Å²) in [7, 11) is 0. The molecule has 0 bridgehead atoms. The highest BCUT2D eigenvalue weighted by atomic mass is 16.3. The van der Waals surface area contributed by atoms with E-state index < -0.39 is 5.41 Å². The maximum absolute atomic E-state index is 13.2. The first-order chi connectivity index (χ1) is 17.1. The van der Waals surface area contributed by atoms with E-state index >= 15 is 0 Å². The molecule has 0 radical (unpaired) electrons. The van der Waals surface area contributed by atoms with Crippen LogP contribution in [0, 0.1) is 5.92 Å². The number of benzene rings is 2. The average molecular weight is 480 g/mol. The molecular formula is C30H45N3O2. The molecule has 2 aromatic rings. The molecule has 4 N–H and O–H groups in total. The highest BCUT2D eigenvalue weighted by Gasteiger charge is 2.49. The normalized spacial score (nSPS) is 17.5. The molecule has 1 amide bonds. The summed E-state index contributed by atoms with van der Waals surface area (Å²) in [5.74, 6) is -0.0743. The number of carbonyl (C=O) groups is 1. The summed E-state index contributed by atoms with van der Waals surface area (Å²) < 4.78 is 0. The minimum atomic E-state index is -0.791. The SMILES string of the molecule is C[C@@H](CO)NCCCCCCCCCN1CC[C@H](C(C(N)=O)(c2ccccc2)c2ccccc2)C1. The zero-order chi connectivity index (χ0) is 24.9. The van der Waals surface area contributed by atoms with Gasteiger partial charge in [0.2, 0.25) is 5.91 Å². The van der Waals surface area contributed by atoms with Crippen molar-refractivity contribution in [3.63, 3.8) is 0 Å². The molecule has 2 atom stereocenters. The molecule has 1 aliphatic heterocycles. The van der Waals surface area contributed by atoms with Crippen LogP contribution in [0.3, 0.4) is 0 Å². The fourth-order valence-electron chi connectivity index (χ4n) is 5.67. The van der Waals surface area contributed by atoms with Crippen molar-refractivity contribution in [1.29, 1.82) is 0 Å². The summed E-state index contributed by atoms with van der Waals surface area (Å²) in [5, 5.41) is 12.4. The number of likely N-dealkylation sites (tertiary alicyclic amines) is 1. The Morgan fingerprint density at radius 1 is 0.971 bits per heavy atom. The number of hydrogen-bond acceptors (Lipinski definition) is 4. The lowest BCUT2D eigenvalue weighted by atomic mass is 9.64. The van der Waals surface area contributed by atoms with E-state index in [9.17, 15) is 4.79 Å². The molecule has 0 aromatic heterocycles. The summed E-state index contributed by atoms with van der Waals surface area (Å²) >= 11 is 0. The van der Waals surface area contributed by atoms with Crippen LogP contribution >= 0.6 is 0 Å². The van der Waals surface area contributed by atoms with Crippen molar-refractivity contribution in [3.05, 3.63) is 71.8 Å². The van der Waals surface area contributed by atoms with Crippen molar-refractivity contribution >= 4 is 5.91 Å². The molecule has 1 saturated heterocycles. The average Bonchev–Trinajstić information content (AvgIpc) is 3.35. The lowest BCUT2D eigenvalue weighted by molar-refractivity contribution is -0.123. The number of primary amides is 1. The van der Waals surface area contributed by atoms with Gasteiger partial charge in [0, 0.05) is 12.6 Å². The first-order valence-corrected chi connectivity index (χ1v) is 13.6. The molecule has 0 spiro atoms. The van der Waals surface area contributed by atoms with Crippen LogP contribution in [0.15, 0.2) is 60.7 Å². The third kappa shape index (κ3) is 7.39. The van der Waals surface area contributed by atoms with Gasteiger partial charge in [-0.25, -0.2) is 0 Å². The zero-order valence-electron chi connectivity index (χ0n) is 21.5. The second kappa shape index (κ2) is 14.4. The quantitative estimate of drug-likeness (QED) is 0.310. The molecule has 1 aliphatic rings. The van der Waals surface area contributed by atoms with E-state index in [0.717, 1.165) is 43.7 Å². The third-order valence-corrected chi connectivity index (χ3v) is 7.65. The minimum Gasteiger partial charge on any atom is -0.395 e. The van der Waals surface area contributed by atoms with Gasteiger partial charge < -0.3 is 21.1 Å². The molecule has 5 nitrogen and oxygen atoms in total. The van der Waals surface area contributed by atoms with Crippen LogP contribution in [-0.4, -0.2) is 54.7 Å². The molecule has 192 valence electrons. The van der Waals surface area contributed by atoms with Gasteiger partial charge in [0.25, 0.3) is 0 Å². The molecule has 35 heavy (non-hydrogen) atoms. The summed E-state index contributed by atoms with van der Waals surface area (Å²) in [4.78, 5) is 15.7. The number of unbranched alkanes of at least 4 members (excludes halogenated alkanes) is 6. The standard InChI is InChI=1S/C30H45N3O2/c1-25(24-34)32-20-13-5-3-2-4-6-14-21-33-22-19-28(23-33)30(29(31)35,26-15-9-7-10-16-26)27-17-11-8-12-18-27/h7-12,15-18,25,28,32,34H,2-6,13-14,19-24H2,1H3,(H2,31,35)/t25-,28-/m0/s1. The highest BCUT2D eigenvalue weighted by Crippen LogP contribution is 2.43. The lowest BCUT2D eigenvalue weighted by Crippen LogP contribution is -2.49. The Hall–Kier alpha value is -2.21. The fourth-order valence-corrected chi connectivity index (χ4v) is 5.67. The van der Waals surface area contributed by atoms with Gasteiger partial charge in [-0.3, -0.25) is 4.79 Å². The largest absolute Gasteiger partial charge is 0.395 e. The number of aliphatic hydroxyl groups is 1. The van der Waals surface area contributed by atoms with E-state index in [1.165, 1.54) is 44.9 Å². The molecular weight excluding hydrogens is 434 g/mol. The van der Waals surface area contributed by atoms with E-state index in [0.29, 0.717) is 0 Å². The maximum atomic E-state index is 13.2. The molecule has 2 aromatic carbocycles. The van der Waals surface area contributed by atoms with Gasteiger partial charge in [-0.15, -0.1) is 0 Å². The second-order valence-corrected chi connectivity index (χ2v) is 10.2. The number of hydrogen-bond donors (Lipinski definition) is 3. The Bertz CT molecular complexity index is 819. The van der Waals surface area contributed by atoms with Gasteiger partial charge in [0.05, 0.1) is 6.61 Å². The molecule has 5 heteroatoms. The number of nitrogens with one attached hydrogen (secondary N) is 1. The zero-order valence-corrected chi connectivity index (χ0v) is 21.5. The monoisotopic (exact) mass is 479 g/mol. The Balaban J connectivity index is 1.47. The van der Waals surface area contributed by atoms with Gasteiger partial charge in [-0.05, 0) is 62.9 Å². The number of aliphatic hydroxyl groups excluding tert-OH is 1. The van der Waals surface area contributed by atoms with E-state index in [1.807, 2.05) is 43.3 Å². The summed E-state index contributed by atoms with van der Waals surface area (Å²) in [6.45, 7) is 6.25. The Kier molecular flexibility index (Phi) is 11.2. The van der Waals surface area contributed by atoms with Crippen molar-refractivity contribution in [2.45, 2.75) is 69.7 Å². The molecule has 1 heterocycles. The molecule has 0 aliphatic carbocycles. The predicted octanol–water partition coefficient (Wildman–Crippen LogP) is 4.48. The first kappa shape index (κ1) is 27.4. The van der Waals surface area contributed by atoms with Crippen molar-refractivity contribution in [2.75, 3.05) is 32.8 Å². The summed E-state index contributed by atoms with van der Waals surface area (Å²) in [6, 6.07) is 20.5. The Labute approximate surface area is 212 Å². The van der Waals surface area contributed by atoms with Crippen molar-refractivity contribution in [1.82, 2.24) is 10.2 Å². The summed E-state index contributed by atoms with van der Waals surface area (Å²) in [5.41, 5.74) is 7.43. The number of nitrogens with zero attached hydrogens (tertiary/aromatic N) is 1. The Morgan fingerprint density at radius 2 is 1.51 bits per heavy atom.